The van der Waals surface area contributed by atoms with Gasteiger partial charge in [0.25, 0.3) is 0 Å². The second kappa shape index (κ2) is 7.54. The molecule has 1 aliphatic heterocycles. The van der Waals surface area contributed by atoms with Crippen LogP contribution in [-0.2, 0) is 15.4 Å². The van der Waals surface area contributed by atoms with E-state index in [2.05, 4.69) is 12.6 Å². The van der Waals surface area contributed by atoms with Crippen LogP contribution in [-0.4, -0.2) is 31.1 Å². The smallest absolute Gasteiger partial charge is 0.196 e. The van der Waals surface area contributed by atoms with Crippen molar-refractivity contribution in [1.29, 1.82) is 5.26 Å². The average Bonchev–Trinajstić information content (AvgIpc) is 2.72. The molecule has 2 aromatic carbocycles. The minimum absolute atomic E-state index is 0.273. The molecule has 2 N–H and O–H groups in total. The summed E-state index contributed by atoms with van der Waals surface area (Å²) in [6.07, 6.45) is 0. The molecule has 0 aromatic heterocycles. The van der Waals surface area contributed by atoms with Crippen LogP contribution in [0.5, 0.6) is 0 Å². The first kappa shape index (κ1) is 22.6. The second-order valence-electron chi connectivity index (χ2n) is 8.98. The number of sulfone groups is 1. The van der Waals surface area contributed by atoms with E-state index >= 15 is 0 Å². The van der Waals surface area contributed by atoms with Crippen molar-refractivity contribution in [3.63, 3.8) is 0 Å². The van der Waals surface area contributed by atoms with Crippen LogP contribution in [0, 0.1) is 11.3 Å². The van der Waals surface area contributed by atoms with Gasteiger partial charge in [-0.15, -0.1) is 0 Å². The maximum Gasteiger partial charge on any atom is 0.196 e. The molecule has 1 aliphatic rings. The van der Waals surface area contributed by atoms with Crippen LogP contribution in [0.2, 0.25) is 0 Å². The summed E-state index contributed by atoms with van der Waals surface area (Å²) in [6.45, 7) is 11.3. The third-order valence-corrected chi connectivity index (χ3v) is 8.43. The van der Waals surface area contributed by atoms with Crippen LogP contribution in [0.1, 0.15) is 50.3 Å². The molecule has 7 heteroatoms. The molecule has 0 saturated carbocycles. The van der Waals surface area contributed by atoms with Gasteiger partial charge >= 0.3 is 0 Å². The van der Waals surface area contributed by atoms with E-state index in [1.165, 1.54) is 0 Å². The summed E-state index contributed by atoms with van der Waals surface area (Å²) in [5.74, 6) is 0.0307. The molecule has 0 amide bonds. The van der Waals surface area contributed by atoms with Crippen LogP contribution < -0.4 is 5.73 Å². The van der Waals surface area contributed by atoms with E-state index < -0.39 is 20.1 Å². The van der Waals surface area contributed by atoms with E-state index in [9.17, 15) is 13.7 Å². The Morgan fingerprint density at radius 1 is 1.19 bits per heavy atom. The highest BCUT2D eigenvalue weighted by atomic mass is 32.2. The van der Waals surface area contributed by atoms with E-state index in [4.69, 9.17) is 10.7 Å². The van der Waals surface area contributed by atoms with Crippen LogP contribution >= 0.6 is 0 Å². The summed E-state index contributed by atoms with van der Waals surface area (Å²) in [4.78, 5) is 6.80. The zero-order chi connectivity index (χ0) is 23.2. The molecule has 2 aromatic rings. The minimum atomic E-state index is -3.46. The third kappa shape index (κ3) is 3.72. The molecule has 162 valence electrons. The predicted molar refractivity (Wildman–Crippen MR) is 123 cm³/mol. The lowest BCUT2D eigenvalue weighted by Crippen LogP contribution is -2.47. The predicted octanol–water partition coefficient (Wildman–Crippen LogP) is 3.90. The van der Waals surface area contributed by atoms with Gasteiger partial charge in [0.15, 0.2) is 15.8 Å². The molecule has 0 spiro atoms. The van der Waals surface area contributed by atoms with Gasteiger partial charge in [0.1, 0.15) is 0 Å². The van der Waals surface area contributed by atoms with Crippen molar-refractivity contribution in [2.24, 2.45) is 10.7 Å². The quantitative estimate of drug-likeness (QED) is 0.786. The Balaban J connectivity index is 2.17. The standard InChI is InChI=1S/C24H28N4O2S/c1-16-21(18-10-12-20(13-11-18)31(29,30)23(2,3)4)24(5,27-22(26)28(16)6)19-9-7-8-17(14-19)15-25/h7-14,21H,1H2,2-6H3,(H2,26,27)/t21-,24+/m0/s1. The van der Waals surface area contributed by atoms with Crippen molar-refractivity contribution in [2.45, 2.75) is 48.8 Å². The van der Waals surface area contributed by atoms with Crippen molar-refractivity contribution in [2.75, 3.05) is 7.05 Å². The van der Waals surface area contributed by atoms with Gasteiger partial charge in [-0.25, -0.2) is 13.4 Å². The summed E-state index contributed by atoms with van der Waals surface area (Å²) < 4.78 is 24.8. The van der Waals surface area contributed by atoms with E-state index in [1.807, 2.05) is 31.2 Å². The van der Waals surface area contributed by atoms with E-state index in [0.717, 1.165) is 16.8 Å². The van der Waals surface area contributed by atoms with Crippen molar-refractivity contribution in [3.05, 3.63) is 77.5 Å². The average molecular weight is 437 g/mol. The number of rotatable bonds is 3. The molecular weight excluding hydrogens is 408 g/mol. The largest absolute Gasteiger partial charge is 0.370 e. The number of benzene rings is 2. The number of hydrogen-bond donors (Lipinski definition) is 1. The lowest BCUT2D eigenvalue weighted by Gasteiger charge is -2.44. The fourth-order valence-electron chi connectivity index (χ4n) is 3.89. The first-order valence-corrected chi connectivity index (χ1v) is 11.4. The van der Waals surface area contributed by atoms with Gasteiger partial charge in [-0.05, 0) is 63.1 Å². The Hall–Kier alpha value is -3.11. The Morgan fingerprint density at radius 2 is 1.81 bits per heavy atom. The first-order chi connectivity index (χ1) is 14.3. The number of aliphatic imine (C=N–C) groups is 1. The lowest BCUT2D eigenvalue weighted by atomic mass is 9.73. The van der Waals surface area contributed by atoms with Gasteiger partial charge in [-0.2, -0.15) is 5.26 Å². The van der Waals surface area contributed by atoms with Crippen molar-refractivity contribution in [3.8, 4) is 6.07 Å². The van der Waals surface area contributed by atoms with Crippen LogP contribution in [0.3, 0.4) is 0 Å². The topological polar surface area (TPSA) is 99.5 Å². The van der Waals surface area contributed by atoms with E-state index in [-0.39, 0.29) is 10.8 Å². The van der Waals surface area contributed by atoms with E-state index in [0.29, 0.717) is 11.5 Å². The molecule has 0 radical (unpaired) electrons. The zero-order valence-electron chi connectivity index (χ0n) is 18.5. The molecule has 0 fully saturated rings. The highest BCUT2D eigenvalue weighted by Crippen LogP contribution is 2.47. The van der Waals surface area contributed by atoms with E-state index in [1.54, 1.807) is 57.0 Å². The maximum atomic E-state index is 12.8. The fraction of sp³-hybridized carbons (Fsp3) is 0.333. The lowest BCUT2D eigenvalue weighted by molar-refractivity contribution is 0.349. The molecule has 0 saturated heterocycles. The number of nitriles is 1. The minimum Gasteiger partial charge on any atom is -0.370 e. The number of guanidine groups is 1. The normalized spacial score (nSPS) is 22.1. The highest BCUT2D eigenvalue weighted by molar-refractivity contribution is 7.92. The SMILES string of the molecule is C=C1[C@@H](c2ccc(S(=O)(=O)C(C)(C)C)cc2)[C@@](C)(c2cccc(C#N)c2)N=C(N)N1C. The maximum absolute atomic E-state index is 12.8. The summed E-state index contributed by atoms with van der Waals surface area (Å²) in [5.41, 5.74) is 8.35. The molecule has 0 aliphatic carbocycles. The summed E-state index contributed by atoms with van der Waals surface area (Å²) in [7, 11) is -1.66. The molecular formula is C24H28N4O2S. The molecule has 6 nitrogen and oxygen atoms in total. The molecule has 0 bridgehead atoms. The van der Waals surface area contributed by atoms with Gasteiger partial charge in [0.2, 0.25) is 0 Å². The number of nitrogens with two attached hydrogens (primary N) is 1. The fourth-order valence-corrected chi connectivity index (χ4v) is 5.09. The number of nitrogens with zero attached hydrogens (tertiary/aromatic N) is 3. The Bertz CT molecular complexity index is 1200. The van der Waals surface area contributed by atoms with Crippen LogP contribution in [0.25, 0.3) is 0 Å². The monoisotopic (exact) mass is 436 g/mol. The van der Waals surface area contributed by atoms with Gasteiger partial charge in [-0.1, -0.05) is 30.8 Å². The highest BCUT2D eigenvalue weighted by Gasteiger charge is 2.44. The van der Waals surface area contributed by atoms with Gasteiger partial charge in [0.05, 0.1) is 32.7 Å². The number of likely N-dealkylation sites (N-methyl/N-ethyl adjacent to an activating group) is 1. The molecule has 3 rings (SSSR count). The van der Waals surface area contributed by atoms with Crippen LogP contribution in [0.15, 0.2) is 70.7 Å². The Morgan fingerprint density at radius 3 is 2.35 bits per heavy atom. The zero-order valence-corrected chi connectivity index (χ0v) is 19.4. The van der Waals surface area contributed by atoms with Crippen molar-refractivity contribution < 1.29 is 8.42 Å². The molecule has 31 heavy (non-hydrogen) atoms. The third-order valence-electron chi connectivity index (χ3n) is 5.92. The summed E-state index contributed by atoms with van der Waals surface area (Å²) in [5, 5.41) is 9.35. The number of hydrogen-bond acceptors (Lipinski definition) is 6. The molecule has 0 unspecified atom stereocenters. The van der Waals surface area contributed by atoms with Crippen LogP contribution in [0.4, 0.5) is 0 Å². The van der Waals surface area contributed by atoms with Crippen molar-refractivity contribution >= 4 is 15.8 Å². The second-order valence-corrected chi connectivity index (χ2v) is 11.7. The Kier molecular flexibility index (Phi) is 5.49. The summed E-state index contributed by atoms with van der Waals surface area (Å²) in [6, 6.07) is 16.3. The molecule has 2 atom stereocenters. The van der Waals surface area contributed by atoms with Crippen molar-refractivity contribution in [1.82, 2.24) is 4.90 Å². The van der Waals surface area contributed by atoms with Gasteiger partial charge in [-0.3, -0.25) is 0 Å². The summed E-state index contributed by atoms with van der Waals surface area (Å²) >= 11 is 0. The molecule has 1 heterocycles. The van der Waals surface area contributed by atoms with Gasteiger partial charge < -0.3 is 10.6 Å². The first-order valence-electron chi connectivity index (χ1n) is 9.96. The Labute approximate surface area is 184 Å². The van der Waals surface area contributed by atoms with Gasteiger partial charge in [0, 0.05) is 12.7 Å².